The second kappa shape index (κ2) is 7.48. The first-order valence-corrected chi connectivity index (χ1v) is 6.90. The molecular formula is C13H25N5O3. The van der Waals surface area contributed by atoms with Crippen LogP contribution in [0.2, 0.25) is 0 Å². The lowest BCUT2D eigenvalue weighted by Crippen LogP contribution is -2.40. The SMILES string of the molecule is CN(C)CC(C)(C)CNCC(O)Cn1cc([N+](=O)[O-])cn1. The van der Waals surface area contributed by atoms with Gasteiger partial charge in [-0.15, -0.1) is 0 Å². The molecule has 21 heavy (non-hydrogen) atoms. The first kappa shape index (κ1) is 17.5. The maximum absolute atomic E-state index is 10.5. The van der Waals surface area contributed by atoms with Crippen LogP contribution in [0.15, 0.2) is 12.4 Å². The summed E-state index contributed by atoms with van der Waals surface area (Å²) in [5.74, 6) is 0. The van der Waals surface area contributed by atoms with E-state index in [9.17, 15) is 15.2 Å². The van der Waals surface area contributed by atoms with Gasteiger partial charge >= 0.3 is 5.69 Å². The lowest BCUT2D eigenvalue weighted by atomic mass is 9.93. The predicted octanol–water partition coefficient (Wildman–Crippen LogP) is 0.330. The second-order valence-electron chi connectivity index (χ2n) is 6.36. The first-order valence-electron chi connectivity index (χ1n) is 6.90. The summed E-state index contributed by atoms with van der Waals surface area (Å²) in [6, 6.07) is 0. The molecule has 0 aliphatic heterocycles. The van der Waals surface area contributed by atoms with E-state index in [-0.39, 0.29) is 17.6 Å². The molecule has 0 aliphatic carbocycles. The van der Waals surface area contributed by atoms with Crippen LogP contribution >= 0.6 is 0 Å². The average molecular weight is 299 g/mol. The molecule has 2 N–H and O–H groups in total. The topological polar surface area (TPSA) is 96.5 Å². The molecule has 0 aromatic carbocycles. The quantitative estimate of drug-likeness (QED) is 0.504. The van der Waals surface area contributed by atoms with Crippen LogP contribution in [0.25, 0.3) is 0 Å². The Hall–Kier alpha value is -1.51. The zero-order valence-electron chi connectivity index (χ0n) is 13.1. The molecule has 0 bridgehead atoms. The van der Waals surface area contributed by atoms with Crippen molar-refractivity contribution < 1.29 is 10.0 Å². The van der Waals surface area contributed by atoms with Crippen molar-refractivity contribution in [3.8, 4) is 0 Å². The van der Waals surface area contributed by atoms with Crippen LogP contribution in [-0.4, -0.2) is 64.5 Å². The molecule has 0 radical (unpaired) electrons. The molecule has 1 aromatic rings. The van der Waals surface area contributed by atoms with Crippen molar-refractivity contribution in [3.63, 3.8) is 0 Å². The number of hydrogen-bond acceptors (Lipinski definition) is 6. The largest absolute Gasteiger partial charge is 0.390 e. The maximum Gasteiger partial charge on any atom is 0.306 e. The molecule has 1 aromatic heterocycles. The van der Waals surface area contributed by atoms with Gasteiger partial charge in [0, 0.05) is 19.6 Å². The second-order valence-corrected chi connectivity index (χ2v) is 6.36. The van der Waals surface area contributed by atoms with Gasteiger partial charge in [-0.1, -0.05) is 13.8 Å². The molecule has 0 amide bonds. The minimum absolute atomic E-state index is 0.0673. The molecule has 120 valence electrons. The van der Waals surface area contributed by atoms with Gasteiger partial charge in [0.05, 0.1) is 17.6 Å². The van der Waals surface area contributed by atoms with E-state index in [1.54, 1.807) is 0 Å². The number of nitrogens with one attached hydrogen (secondary N) is 1. The Balaban J connectivity index is 2.33. The van der Waals surface area contributed by atoms with Crippen molar-refractivity contribution in [2.75, 3.05) is 33.7 Å². The fraction of sp³-hybridized carbons (Fsp3) is 0.769. The summed E-state index contributed by atoms with van der Waals surface area (Å²) in [5.41, 5.74) is 0.0375. The molecule has 8 heteroatoms. The summed E-state index contributed by atoms with van der Waals surface area (Å²) in [6.45, 7) is 6.69. The maximum atomic E-state index is 10.5. The van der Waals surface area contributed by atoms with Crippen molar-refractivity contribution in [1.82, 2.24) is 20.0 Å². The lowest BCUT2D eigenvalue weighted by Gasteiger charge is -2.29. The Kier molecular flexibility index (Phi) is 6.25. The molecule has 0 aliphatic rings. The van der Waals surface area contributed by atoms with Crippen LogP contribution < -0.4 is 5.32 Å². The average Bonchev–Trinajstić information content (AvgIpc) is 2.75. The van der Waals surface area contributed by atoms with Crippen LogP contribution in [0, 0.1) is 15.5 Å². The van der Waals surface area contributed by atoms with Gasteiger partial charge in [-0.05, 0) is 19.5 Å². The summed E-state index contributed by atoms with van der Waals surface area (Å²) in [4.78, 5) is 12.2. The van der Waals surface area contributed by atoms with Gasteiger partial charge in [-0.2, -0.15) is 5.10 Å². The highest BCUT2D eigenvalue weighted by atomic mass is 16.6. The van der Waals surface area contributed by atoms with E-state index in [2.05, 4.69) is 29.2 Å². The van der Waals surface area contributed by atoms with Crippen LogP contribution in [0.1, 0.15) is 13.8 Å². The summed E-state index contributed by atoms with van der Waals surface area (Å²) in [6.07, 6.45) is 1.86. The minimum atomic E-state index is -0.639. The van der Waals surface area contributed by atoms with Crippen LogP contribution in [-0.2, 0) is 6.54 Å². The molecule has 8 nitrogen and oxygen atoms in total. The van der Waals surface area contributed by atoms with E-state index in [0.29, 0.717) is 6.54 Å². The Morgan fingerprint density at radius 2 is 2.24 bits per heavy atom. The van der Waals surface area contributed by atoms with Gasteiger partial charge in [0.15, 0.2) is 0 Å². The Labute approximate surface area is 124 Å². The zero-order valence-corrected chi connectivity index (χ0v) is 13.1. The number of nitrogens with zero attached hydrogens (tertiary/aromatic N) is 4. The Morgan fingerprint density at radius 3 is 2.76 bits per heavy atom. The highest BCUT2D eigenvalue weighted by Crippen LogP contribution is 2.14. The summed E-state index contributed by atoms with van der Waals surface area (Å²) < 4.78 is 1.38. The number of aromatic nitrogens is 2. The smallest absolute Gasteiger partial charge is 0.306 e. The predicted molar refractivity (Wildman–Crippen MR) is 80.1 cm³/mol. The van der Waals surface area contributed by atoms with Gasteiger partial charge < -0.3 is 15.3 Å². The molecule has 0 saturated heterocycles. The molecule has 1 atom stereocenters. The van der Waals surface area contributed by atoms with Crippen molar-refractivity contribution in [2.45, 2.75) is 26.5 Å². The highest BCUT2D eigenvalue weighted by Gasteiger charge is 2.19. The number of aliphatic hydroxyl groups is 1. The van der Waals surface area contributed by atoms with E-state index in [1.807, 2.05) is 14.1 Å². The molecule has 1 unspecified atom stereocenters. The van der Waals surface area contributed by atoms with Gasteiger partial charge in [-0.3, -0.25) is 14.8 Å². The van der Waals surface area contributed by atoms with Crippen molar-refractivity contribution in [2.24, 2.45) is 5.41 Å². The normalized spacial score (nSPS) is 13.6. The monoisotopic (exact) mass is 299 g/mol. The lowest BCUT2D eigenvalue weighted by molar-refractivity contribution is -0.385. The fourth-order valence-corrected chi connectivity index (χ4v) is 2.32. The molecular weight excluding hydrogens is 274 g/mol. The Morgan fingerprint density at radius 1 is 1.57 bits per heavy atom. The molecule has 0 spiro atoms. The van der Waals surface area contributed by atoms with Gasteiger partial charge in [0.25, 0.3) is 0 Å². The van der Waals surface area contributed by atoms with Gasteiger partial charge in [0.1, 0.15) is 12.4 Å². The third-order valence-electron chi connectivity index (χ3n) is 2.96. The highest BCUT2D eigenvalue weighted by molar-refractivity contribution is 5.20. The summed E-state index contributed by atoms with van der Waals surface area (Å²) >= 11 is 0. The van der Waals surface area contributed by atoms with E-state index in [4.69, 9.17) is 0 Å². The number of nitro groups is 1. The first-order chi connectivity index (χ1) is 9.69. The van der Waals surface area contributed by atoms with Crippen molar-refractivity contribution in [1.29, 1.82) is 0 Å². The number of aliphatic hydroxyl groups excluding tert-OH is 1. The minimum Gasteiger partial charge on any atom is -0.390 e. The molecule has 0 saturated carbocycles. The van der Waals surface area contributed by atoms with E-state index in [1.165, 1.54) is 17.1 Å². The Bertz CT molecular complexity index is 458. The van der Waals surface area contributed by atoms with Gasteiger partial charge in [0.2, 0.25) is 0 Å². The van der Waals surface area contributed by atoms with E-state index < -0.39 is 11.0 Å². The van der Waals surface area contributed by atoms with Crippen molar-refractivity contribution >= 4 is 5.69 Å². The standard InChI is InChI=1S/C13H25N5O3/c1-13(2,10-16(3)4)9-14-6-12(19)8-17-7-11(5-15-17)18(20)21/h5,7,12,14,19H,6,8-10H2,1-4H3. The molecule has 0 fully saturated rings. The summed E-state index contributed by atoms with van der Waals surface area (Å²) in [5, 5.41) is 27.6. The third-order valence-corrected chi connectivity index (χ3v) is 2.96. The molecule has 1 heterocycles. The van der Waals surface area contributed by atoms with Gasteiger partial charge in [-0.25, -0.2) is 0 Å². The van der Waals surface area contributed by atoms with E-state index >= 15 is 0 Å². The number of rotatable bonds is 9. The van der Waals surface area contributed by atoms with Crippen molar-refractivity contribution in [3.05, 3.63) is 22.5 Å². The zero-order chi connectivity index (χ0) is 16.0. The third kappa shape index (κ3) is 6.65. The van der Waals surface area contributed by atoms with Crippen LogP contribution in [0.5, 0.6) is 0 Å². The number of hydrogen-bond donors (Lipinski definition) is 2. The van der Waals surface area contributed by atoms with Crippen LogP contribution in [0.3, 0.4) is 0 Å². The molecule has 1 rings (SSSR count). The fourth-order valence-electron chi connectivity index (χ4n) is 2.32. The van der Waals surface area contributed by atoms with E-state index in [0.717, 1.165) is 13.1 Å². The summed E-state index contributed by atoms with van der Waals surface area (Å²) in [7, 11) is 4.06. The van der Waals surface area contributed by atoms with Crippen LogP contribution in [0.4, 0.5) is 5.69 Å².